The zero-order valence-corrected chi connectivity index (χ0v) is 11.7. The fourth-order valence-corrected chi connectivity index (χ4v) is 3.50. The molecule has 0 aliphatic carbocycles. The van der Waals surface area contributed by atoms with Gasteiger partial charge in [0.05, 0.1) is 12.2 Å². The molecule has 3 heteroatoms. The summed E-state index contributed by atoms with van der Waals surface area (Å²) < 4.78 is 5.91. The van der Waals surface area contributed by atoms with Gasteiger partial charge in [0.2, 0.25) is 0 Å². The van der Waals surface area contributed by atoms with Gasteiger partial charge in [-0.1, -0.05) is 25.1 Å². The van der Waals surface area contributed by atoms with Crippen LogP contribution in [0.2, 0.25) is 0 Å². The Morgan fingerprint density at radius 1 is 1.37 bits per heavy atom. The summed E-state index contributed by atoms with van der Waals surface area (Å²) in [5.74, 6) is 0.414. The maximum Gasteiger partial charge on any atom is 0.106 e. The van der Waals surface area contributed by atoms with E-state index >= 15 is 0 Å². The van der Waals surface area contributed by atoms with Gasteiger partial charge in [-0.15, -0.1) is 0 Å². The minimum atomic E-state index is -0.505. The summed E-state index contributed by atoms with van der Waals surface area (Å²) in [5, 5.41) is 14.1. The van der Waals surface area contributed by atoms with E-state index in [1.54, 1.807) is 0 Å². The Bertz CT molecular complexity index is 460. The normalized spacial score (nSPS) is 32.1. The number of aliphatic hydroxyl groups excluding tert-OH is 1. The lowest BCUT2D eigenvalue weighted by Gasteiger charge is -2.27. The lowest BCUT2D eigenvalue weighted by Crippen LogP contribution is -2.29. The molecular weight excluding hydrogens is 238 g/mol. The highest BCUT2D eigenvalue weighted by Crippen LogP contribution is 2.36. The maximum absolute atomic E-state index is 10.7. The second-order valence-electron chi connectivity index (χ2n) is 5.98. The molecular formula is C16H23NO2. The molecule has 0 amide bonds. The molecule has 104 valence electrons. The van der Waals surface area contributed by atoms with Gasteiger partial charge < -0.3 is 15.2 Å². The summed E-state index contributed by atoms with van der Waals surface area (Å²) in [6.45, 7) is 6.15. The Morgan fingerprint density at radius 2 is 2.21 bits per heavy atom. The first-order valence-electron chi connectivity index (χ1n) is 7.31. The molecule has 1 saturated heterocycles. The van der Waals surface area contributed by atoms with Crippen LogP contribution in [0.25, 0.3) is 0 Å². The highest BCUT2D eigenvalue weighted by Gasteiger charge is 2.36. The topological polar surface area (TPSA) is 41.5 Å². The van der Waals surface area contributed by atoms with E-state index < -0.39 is 6.10 Å². The van der Waals surface area contributed by atoms with Crippen molar-refractivity contribution in [1.29, 1.82) is 0 Å². The number of nitrogens with one attached hydrogen (secondary N) is 1. The van der Waals surface area contributed by atoms with Crippen molar-refractivity contribution in [3.05, 3.63) is 34.9 Å². The van der Waals surface area contributed by atoms with Gasteiger partial charge in [0.1, 0.15) is 6.10 Å². The fraction of sp³-hybridized carbons (Fsp3) is 0.625. The first-order chi connectivity index (χ1) is 9.16. The molecule has 1 aromatic rings. The van der Waals surface area contributed by atoms with E-state index in [9.17, 15) is 5.11 Å². The van der Waals surface area contributed by atoms with Gasteiger partial charge in [-0.25, -0.2) is 0 Å². The van der Waals surface area contributed by atoms with Crippen molar-refractivity contribution in [3.63, 3.8) is 0 Å². The molecule has 0 saturated carbocycles. The molecule has 1 fully saturated rings. The lowest BCUT2D eigenvalue weighted by atomic mass is 9.88. The molecule has 2 N–H and O–H groups in total. The molecule has 1 aromatic carbocycles. The van der Waals surface area contributed by atoms with E-state index in [1.165, 1.54) is 11.1 Å². The highest BCUT2D eigenvalue weighted by molar-refractivity contribution is 5.38. The number of aliphatic hydroxyl groups is 1. The number of hydrogen-bond donors (Lipinski definition) is 2. The first-order valence-corrected chi connectivity index (χ1v) is 7.31. The smallest absolute Gasteiger partial charge is 0.106 e. The second-order valence-corrected chi connectivity index (χ2v) is 5.98. The van der Waals surface area contributed by atoms with Crippen molar-refractivity contribution in [2.24, 2.45) is 5.92 Å². The van der Waals surface area contributed by atoms with Crippen molar-refractivity contribution in [3.8, 4) is 0 Å². The highest BCUT2D eigenvalue weighted by atomic mass is 16.5. The third kappa shape index (κ3) is 2.42. The molecule has 0 radical (unpaired) electrons. The Balaban J connectivity index is 1.89. The van der Waals surface area contributed by atoms with Gasteiger partial charge >= 0.3 is 0 Å². The summed E-state index contributed by atoms with van der Waals surface area (Å²) in [4.78, 5) is 0. The molecule has 4 unspecified atom stereocenters. The quantitative estimate of drug-likeness (QED) is 0.857. The van der Waals surface area contributed by atoms with Crippen LogP contribution in [0.3, 0.4) is 0 Å². The summed E-state index contributed by atoms with van der Waals surface area (Å²) >= 11 is 0. The molecule has 2 heterocycles. The van der Waals surface area contributed by atoms with Crippen molar-refractivity contribution < 1.29 is 9.84 Å². The SMILES string of the molecule is CC1CC(C)C(C(O)c2cccc3c2CNCC3)O1. The zero-order valence-electron chi connectivity index (χ0n) is 11.7. The van der Waals surface area contributed by atoms with Crippen LogP contribution >= 0.6 is 0 Å². The third-order valence-corrected chi connectivity index (χ3v) is 4.47. The molecule has 4 atom stereocenters. The Hall–Kier alpha value is -0.900. The predicted molar refractivity (Wildman–Crippen MR) is 74.9 cm³/mol. The van der Waals surface area contributed by atoms with Gasteiger partial charge in [-0.2, -0.15) is 0 Å². The van der Waals surface area contributed by atoms with Crippen molar-refractivity contribution in [2.75, 3.05) is 6.54 Å². The molecule has 19 heavy (non-hydrogen) atoms. The maximum atomic E-state index is 10.7. The summed E-state index contributed by atoms with van der Waals surface area (Å²) in [6, 6.07) is 6.29. The van der Waals surface area contributed by atoms with Crippen molar-refractivity contribution in [1.82, 2.24) is 5.32 Å². The van der Waals surface area contributed by atoms with Crippen LogP contribution in [0, 0.1) is 5.92 Å². The van der Waals surface area contributed by atoms with Crippen LogP contribution in [0.1, 0.15) is 43.1 Å². The molecule has 3 nitrogen and oxygen atoms in total. The summed E-state index contributed by atoms with van der Waals surface area (Å²) in [6.07, 6.45) is 1.77. The van der Waals surface area contributed by atoms with Gasteiger partial charge in [0.25, 0.3) is 0 Å². The van der Waals surface area contributed by atoms with E-state index in [4.69, 9.17) is 4.74 Å². The molecule has 2 aliphatic rings. The standard InChI is InChI=1S/C16H23NO2/c1-10-8-11(2)19-16(10)15(18)13-5-3-4-12-6-7-17-9-14(12)13/h3-5,10-11,15-18H,6-9H2,1-2H3. The van der Waals surface area contributed by atoms with Gasteiger partial charge in [0.15, 0.2) is 0 Å². The molecule has 0 bridgehead atoms. The second kappa shape index (κ2) is 5.23. The van der Waals surface area contributed by atoms with E-state index in [1.807, 2.05) is 0 Å². The van der Waals surface area contributed by atoms with Crippen LogP contribution in [-0.2, 0) is 17.7 Å². The van der Waals surface area contributed by atoms with E-state index in [0.29, 0.717) is 5.92 Å². The van der Waals surface area contributed by atoms with E-state index in [-0.39, 0.29) is 12.2 Å². The number of ether oxygens (including phenoxy) is 1. The van der Waals surface area contributed by atoms with Crippen LogP contribution in [-0.4, -0.2) is 23.9 Å². The van der Waals surface area contributed by atoms with Gasteiger partial charge in [-0.3, -0.25) is 0 Å². The van der Waals surface area contributed by atoms with Crippen LogP contribution in [0.5, 0.6) is 0 Å². The Kier molecular flexibility index (Phi) is 3.61. The van der Waals surface area contributed by atoms with Crippen LogP contribution in [0.15, 0.2) is 18.2 Å². The number of benzene rings is 1. The van der Waals surface area contributed by atoms with Crippen LogP contribution in [0.4, 0.5) is 0 Å². The molecule has 3 rings (SSSR count). The van der Waals surface area contributed by atoms with Crippen LogP contribution < -0.4 is 5.32 Å². The zero-order chi connectivity index (χ0) is 13.4. The first kappa shape index (κ1) is 13.1. The largest absolute Gasteiger partial charge is 0.386 e. The lowest BCUT2D eigenvalue weighted by molar-refractivity contribution is -0.0418. The van der Waals surface area contributed by atoms with Crippen molar-refractivity contribution in [2.45, 2.75) is 51.5 Å². The monoisotopic (exact) mass is 261 g/mol. The molecule has 0 aromatic heterocycles. The molecule has 0 spiro atoms. The number of hydrogen-bond acceptors (Lipinski definition) is 3. The minimum absolute atomic E-state index is 0.0663. The summed E-state index contributed by atoms with van der Waals surface area (Å²) in [7, 11) is 0. The predicted octanol–water partition coefficient (Wildman–Crippen LogP) is 2.18. The average Bonchev–Trinajstić information content (AvgIpc) is 2.76. The van der Waals surface area contributed by atoms with Gasteiger partial charge in [0, 0.05) is 6.54 Å². The van der Waals surface area contributed by atoms with Gasteiger partial charge in [-0.05, 0) is 48.9 Å². The Morgan fingerprint density at radius 3 is 2.95 bits per heavy atom. The third-order valence-electron chi connectivity index (χ3n) is 4.47. The Labute approximate surface area is 115 Å². The van der Waals surface area contributed by atoms with E-state index in [0.717, 1.165) is 31.5 Å². The fourth-order valence-electron chi connectivity index (χ4n) is 3.50. The average molecular weight is 261 g/mol. The molecule has 2 aliphatic heterocycles. The number of rotatable bonds is 2. The van der Waals surface area contributed by atoms with E-state index in [2.05, 4.69) is 37.4 Å². The number of fused-ring (bicyclic) bond motifs is 1. The minimum Gasteiger partial charge on any atom is -0.386 e. The summed E-state index contributed by atoms with van der Waals surface area (Å²) in [5.41, 5.74) is 3.70. The van der Waals surface area contributed by atoms with Crippen molar-refractivity contribution >= 4 is 0 Å².